The number of anilines is 3. The Labute approximate surface area is 225 Å². The van der Waals surface area contributed by atoms with Crippen LogP contribution in [0.15, 0.2) is 56.9 Å². The molecule has 4 N–H and O–H groups in total. The van der Waals surface area contributed by atoms with Crippen molar-refractivity contribution in [3.05, 3.63) is 74.3 Å². The zero-order chi connectivity index (χ0) is 29.2. The fourth-order valence-corrected chi connectivity index (χ4v) is 5.34. The van der Waals surface area contributed by atoms with Gasteiger partial charge in [-0.3, -0.25) is 14.3 Å². The number of carbonyl (C=O) groups excluding carboxylic acids is 1. The molecule has 3 aromatic rings. The van der Waals surface area contributed by atoms with E-state index in [9.17, 15) is 40.4 Å². The summed E-state index contributed by atoms with van der Waals surface area (Å²) in [6.07, 6.45) is -3.22. The lowest BCUT2D eigenvalue weighted by atomic mass is 9.91. The highest BCUT2D eigenvalue weighted by molar-refractivity contribution is 7.92. The second-order valence-electron chi connectivity index (χ2n) is 9.31. The van der Waals surface area contributed by atoms with Crippen molar-refractivity contribution in [1.29, 1.82) is 0 Å². The summed E-state index contributed by atoms with van der Waals surface area (Å²) in [5, 5.41) is 7.95. The van der Waals surface area contributed by atoms with Gasteiger partial charge in [0.2, 0.25) is 0 Å². The Morgan fingerprint density at radius 2 is 1.52 bits per heavy atom. The molecule has 0 radical (unpaired) electrons. The van der Waals surface area contributed by atoms with Crippen molar-refractivity contribution in [2.45, 2.75) is 55.9 Å². The number of halogens is 4. The molecule has 0 aliphatic heterocycles. The number of alkyl halides is 3. The van der Waals surface area contributed by atoms with E-state index < -0.39 is 44.8 Å². The Morgan fingerprint density at radius 3 is 2.12 bits per heavy atom. The van der Waals surface area contributed by atoms with E-state index in [4.69, 9.17) is 0 Å². The first-order valence-electron chi connectivity index (χ1n) is 12.0. The number of sulfonamides is 1. The second kappa shape index (κ2) is 11.2. The molecule has 1 saturated carbocycles. The minimum atomic E-state index is -5.06. The van der Waals surface area contributed by atoms with Crippen LogP contribution >= 0.6 is 0 Å². The first-order chi connectivity index (χ1) is 18.7. The summed E-state index contributed by atoms with van der Waals surface area (Å²) in [7, 11) is -4.08. The Balaban J connectivity index is 1.29. The summed E-state index contributed by atoms with van der Waals surface area (Å²) in [6, 6.07) is 7.18. The summed E-state index contributed by atoms with van der Waals surface area (Å²) >= 11 is 0. The van der Waals surface area contributed by atoms with Gasteiger partial charge in [-0.25, -0.2) is 17.6 Å². The normalized spacial score (nSPS) is 17.7. The molecule has 40 heavy (non-hydrogen) atoms. The number of amides is 2. The van der Waals surface area contributed by atoms with Gasteiger partial charge in [0.05, 0.1) is 4.90 Å². The monoisotopic (exact) mass is 584 g/mol. The average Bonchev–Trinajstić information content (AvgIpc) is 2.88. The van der Waals surface area contributed by atoms with Crippen LogP contribution in [-0.2, 0) is 10.0 Å². The van der Waals surface area contributed by atoms with Gasteiger partial charge < -0.3 is 20.7 Å². The van der Waals surface area contributed by atoms with E-state index in [0.29, 0.717) is 31.7 Å². The maximum absolute atomic E-state index is 13.9. The number of rotatable bonds is 8. The van der Waals surface area contributed by atoms with Gasteiger partial charge in [0.1, 0.15) is 11.4 Å². The van der Waals surface area contributed by atoms with Crippen LogP contribution in [-0.4, -0.2) is 32.9 Å². The van der Waals surface area contributed by atoms with Crippen LogP contribution in [0.4, 0.5) is 39.4 Å². The Bertz CT molecular complexity index is 1580. The summed E-state index contributed by atoms with van der Waals surface area (Å²) in [5.74, 6) is -2.34. The van der Waals surface area contributed by atoms with Gasteiger partial charge in [-0.05, 0) is 56.9 Å². The van der Waals surface area contributed by atoms with E-state index in [2.05, 4.69) is 25.4 Å². The van der Waals surface area contributed by atoms with E-state index in [0.717, 1.165) is 17.7 Å². The highest BCUT2D eigenvalue weighted by Crippen LogP contribution is 2.28. The van der Waals surface area contributed by atoms with Crippen LogP contribution in [0.2, 0.25) is 0 Å². The molecule has 0 spiro atoms. The Hall–Kier alpha value is -4.14. The molecule has 1 aliphatic carbocycles. The van der Waals surface area contributed by atoms with Crippen LogP contribution < -0.4 is 36.3 Å². The van der Waals surface area contributed by atoms with Crippen LogP contribution in [0.5, 0.6) is 5.75 Å². The summed E-state index contributed by atoms with van der Waals surface area (Å²) < 4.78 is 81.7. The molecule has 0 heterocycles. The number of ether oxygens (including phenoxy) is 1. The van der Waals surface area contributed by atoms with E-state index >= 15 is 0 Å². The maximum atomic E-state index is 13.9. The predicted molar refractivity (Wildman–Crippen MR) is 138 cm³/mol. The number of benzene rings is 2. The molecule has 4 rings (SSSR count). The van der Waals surface area contributed by atoms with Crippen molar-refractivity contribution in [3.8, 4) is 5.75 Å². The molecule has 3 aromatic carbocycles. The van der Waals surface area contributed by atoms with Gasteiger partial charge in [-0.2, -0.15) is 0 Å². The van der Waals surface area contributed by atoms with Crippen LogP contribution in [0.3, 0.4) is 0 Å². The van der Waals surface area contributed by atoms with Crippen LogP contribution in [0.1, 0.15) is 31.2 Å². The van der Waals surface area contributed by atoms with Crippen molar-refractivity contribution in [1.82, 2.24) is 5.32 Å². The molecule has 10 nitrogen and oxygen atoms in total. The number of aryl methyl sites for hydroxylation is 1. The Kier molecular flexibility index (Phi) is 8.05. The first-order valence-corrected chi connectivity index (χ1v) is 13.5. The zero-order valence-corrected chi connectivity index (χ0v) is 21.7. The Morgan fingerprint density at radius 1 is 0.925 bits per heavy atom. The van der Waals surface area contributed by atoms with Gasteiger partial charge in [-0.1, -0.05) is 17.7 Å². The minimum absolute atomic E-state index is 0.0599. The highest BCUT2D eigenvalue weighted by Gasteiger charge is 2.33. The molecule has 1 aliphatic rings. The summed E-state index contributed by atoms with van der Waals surface area (Å²) in [6.45, 7) is 1.79. The lowest BCUT2D eigenvalue weighted by Crippen LogP contribution is -2.44. The smallest absolute Gasteiger partial charge is 0.403 e. The molecule has 2 amide bonds. The fraction of sp³-hybridized carbons (Fsp3) is 0.320. The van der Waals surface area contributed by atoms with Crippen LogP contribution in [0, 0.1) is 12.7 Å². The number of nitrogens with one attached hydrogen (secondary N) is 4. The van der Waals surface area contributed by atoms with E-state index in [1.807, 2.05) is 0 Å². The molecule has 0 unspecified atom stereocenters. The molecule has 214 valence electrons. The highest BCUT2D eigenvalue weighted by atomic mass is 32.2. The molecule has 0 aromatic heterocycles. The number of carbonyl (C=O) groups is 1. The molecule has 1 fully saturated rings. The van der Waals surface area contributed by atoms with Gasteiger partial charge in [0.25, 0.3) is 20.9 Å². The predicted octanol–water partition coefficient (Wildman–Crippen LogP) is 3.97. The molecule has 0 saturated heterocycles. The second-order valence-corrected chi connectivity index (χ2v) is 11.0. The molecular weight excluding hydrogens is 560 g/mol. The van der Waals surface area contributed by atoms with Gasteiger partial charge >= 0.3 is 12.4 Å². The zero-order valence-electron chi connectivity index (χ0n) is 20.9. The summed E-state index contributed by atoms with van der Waals surface area (Å²) in [5.41, 5.74) is -1.46. The van der Waals surface area contributed by atoms with Gasteiger partial charge in [-0.15, -0.1) is 13.2 Å². The SMILES string of the molecule is Cc1ccc(S(=O)(=O)Nc2c(NC3CCC(NC(=O)Nc4ccc(OC(F)(F)F)c(F)c4)CC3)c(=O)c2=O)cc1. The molecule has 15 heteroatoms. The number of hydrogen-bond acceptors (Lipinski definition) is 7. The largest absolute Gasteiger partial charge is 0.573 e. The third-order valence-corrected chi connectivity index (χ3v) is 7.67. The fourth-order valence-electron chi connectivity index (χ4n) is 4.26. The average molecular weight is 585 g/mol. The topological polar surface area (TPSA) is 143 Å². The maximum Gasteiger partial charge on any atom is 0.573 e. The molecule has 0 atom stereocenters. The third-order valence-electron chi connectivity index (χ3n) is 6.30. The van der Waals surface area contributed by atoms with Crippen LogP contribution in [0.25, 0.3) is 0 Å². The third kappa shape index (κ3) is 6.89. The minimum Gasteiger partial charge on any atom is -0.403 e. The molecular formula is C25H24F4N4O6S. The van der Waals surface area contributed by atoms with Crippen molar-refractivity contribution in [2.75, 3.05) is 15.4 Å². The van der Waals surface area contributed by atoms with E-state index in [-0.39, 0.29) is 34.0 Å². The molecule has 0 bridgehead atoms. The van der Waals surface area contributed by atoms with E-state index in [1.165, 1.54) is 12.1 Å². The first kappa shape index (κ1) is 28.9. The standard InChI is InChI=1S/C25H24F4N4O6S/c1-13-2-9-17(10-3-13)40(37,38)33-21-20(22(34)23(21)35)30-14-4-6-15(7-5-14)31-24(36)32-16-8-11-19(18(26)12-16)39-25(27,28)29/h2-3,8-12,14-15,30,33H,4-7H2,1H3,(H2,31,32,36). The van der Waals surface area contributed by atoms with Crippen molar-refractivity contribution < 1.29 is 35.5 Å². The van der Waals surface area contributed by atoms with E-state index in [1.54, 1.807) is 19.1 Å². The van der Waals surface area contributed by atoms with Crippen molar-refractivity contribution >= 4 is 33.1 Å². The lowest BCUT2D eigenvalue weighted by molar-refractivity contribution is -0.275. The van der Waals surface area contributed by atoms with Crippen molar-refractivity contribution in [2.24, 2.45) is 0 Å². The van der Waals surface area contributed by atoms with Crippen molar-refractivity contribution in [3.63, 3.8) is 0 Å². The van der Waals surface area contributed by atoms with Gasteiger partial charge in [0, 0.05) is 23.8 Å². The lowest BCUT2D eigenvalue weighted by Gasteiger charge is -2.31. The quantitative estimate of drug-likeness (QED) is 0.232. The van der Waals surface area contributed by atoms with Gasteiger partial charge in [0.15, 0.2) is 11.6 Å². The summed E-state index contributed by atoms with van der Waals surface area (Å²) in [4.78, 5) is 36.5. The number of hydrogen-bond donors (Lipinski definition) is 4. The number of urea groups is 1.